The second-order valence-corrected chi connectivity index (χ2v) is 7.37. The number of thioether (sulfide) groups is 1. The molecule has 0 fully saturated rings. The Morgan fingerprint density at radius 3 is 2.27 bits per heavy atom. The smallest absolute Gasteiger partial charge is 0.0151 e. The van der Waals surface area contributed by atoms with Crippen molar-refractivity contribution in [1.29, 1.82) is 0 Å². The highest BCUT2D eigenvalue weighted by Gasteiger charge is 2.06. The Hall–Kier alpha value is -2.71. The van der Waals surface area contributed by atoms with Crippen molar-refractivity contribution in [1.82, 2.24) is 4.90 Å². The molecule has 2 aromatic carbocycles. The molecular weight excluding hydrogens is 334 g/mol. The van der Waals surface area contributed by atoms with E-state index in [0.29, 0.717) is 0 Å². The van der Waals surface area contributed by atoms with E-state index in [2.05, 4.69) is 98.7 Å². The highest BCUT2D eigenvalue weighted by molar-refractivity contribution is 8.03. The van der Waals surface area contributed by atoms with Gasteiger partial charge >= 0.3 is 0 Å². The zero-order valence-electron chi connectivity index (χ0n) is 15.2. The molecule has 0 saturated heterocycles. The first kappa shape index (κ1) is 18.1. The van der Waals surface area contributed by atoms with Crippen LogP contribution in [0.15, 0.2) is 113 Å². The Morgan fingerprint density at radius 1 is 0.923 bits per heavy atom. The maximum atomic E-state index is 4.22. The van der Waals surface area contributed by atoms with Crippen LogP contribution in [-0.2, 0) is 0 Å². The fourth-order valence-electron chi connectivity index (χ4n) is 2.68. The number of nitrogens with zero attached hydrogens (tertiary/aromatic N) is 1. The lowest BCUT2D eigenvalue weighted by Gasteiger charge is -2.15. The van der Waals surface area contributed by atoms with Crippen LogP contribution in [0.3, 0.4) is 0 Å². The summed E-state index contributed by atoms with van der Waals surface area (Å²) < 4.78 is 0. The van der Waals surface area contributed by atoms with E-state index in [-0.39, 0.29) is 0 Å². The minimum absolute atomic E-state index is 1.02. The molecule has 3 rings (SSSR count). The first-order chi connectivity index (χ1) is 12.6. The van der Waals surface area contributed by atoms with Crippen molar-refractivity contribution >= 4 is 17.3 Å². The second-order valence-electron chi connectivity index (χ2n) is 6.20. The lowest BCUT2D eigenvalue weighted by molar-refractivity contribution is 0.620. The van der Waals surface area contributed by atoms with Gasteiger partial charge in [-0.2, -0.15) is 0 Å². The van der Waals surface area contributed by atoms with Gasteiger partial charge in [-0.25, -0.2) is 0 Å². The van der Waals surface area contributed by atoms with Crippen LogP contribution in [0.2, 0.25) is 0 Å². The van der Waals surface area contributed by atoms with Crippen molar-refractivity contribution in [2.45, 2.75) is 11.8 Å². The molecule has 0 aliphatic carbocycles. The van der Waals surface area contributed by atoms with Crippen LogP contribution < -0.4 is 0 Å². The Kier molecular flexibility index (Phi) is 5.98. The first-order valence-corrected chi connectivity index (χ1v) is 9.43. The number of allylic oxidation sites excluding steroid dienone is 6. The lowest BCUT2D eigenvalue weighted by Crippen LogP contribution is -2.04. The van der Waals surface area contributed by atoms with E-state index < -0.39 is 0 Å². The zero-order chi connectivity index (χ0) is 18.4. The molecule has 0 N–H and O–H groups in total. The molecule has 0 unspecified atom stereocenters. The number of hydrogen-bond donors (Lipinski definition) is 0. The summed E-state index contributed by atoms with van der Waals surface area (Å²) in [5, 5.41) is 0. The molecule has 2 heteroatoms. The highest BCUT2D eigenvalue weighted by atomic mass is 32.2. The maximum Gasteiger partial charge on any atom is 0.0151 e. The number of hydrogen-bond acceptors (Lipinski definition) is 2. The van der Waals surface area contributed by atoms with Gasteiger partial charge in [0.1, 0.15) is 0 Å². The van der Waals surface area contributed by atoms with E-state index in [4.69, 9.17) is 0 Å². The maximum absolute atomic E-state index is 4.22. The largest absolute Gasteiger partial charge is 0.357 e. The van der Waals surface area contributed by atoms with Crippen LogP contribution in [0.25, 0.3) is 5.57 Å². The van der Waals surface area contributed by atoms with Crippen LogP contribution >= 0.6 is 11.8 Å². The summed E-state index contributed by atoms with van der Waals surface area (Å²) >= 11 is 1.71. The highest BCUT2D eigenvalue weighted by Crippen LogP contribution is 2.30. The van der Waals surface area contributed by atoms with E-state index in [9.17, 15) is 0 Å². The van der Waals surface area contributed by atoms with E-state index in [1.165, 1.54) is 27.2 Å². The Morgan fingerprint density at radius 2 is 1.58 bits per heavy atom. The number of rotatable bonds is 5. The molecule has 0 spiro atoms. The molecule has 0 atom stereocenters. The number of aryl methyl sites for hydroxylation is 1. The van der Waals surface area contributed by atoms with Crippen molar-refractivity contribution < 1.29 is 0 Å². The van der Waals surface area contributed by atoms with E-state index >= 15 is 0 Å². The van der Waals surface area contributed by atoms with Gasteiger partial charge in [-0.15, -0.1) is 0 Å². The summed E-state index contributed by atoms with van der Waals surface area (Å²) in [6, 6.07) is 18.9. The van der Waals surface area contributed by atoms with Crippen molar-refractivity contribution in [3.05, 3.63) is 119 Å². The first-order valence-electron chi connectivity index (χ1n) is 8.62. The van der Waals surface area contributed by atoms with E-state index in [1.807, 2.05) is 18.0 Å². The average molecular weight is 358 g/mol. The molecule has 1 heterocycles. The molecule has 1 nitrogen and oxygen atoms in total. The molecule has 0 amide bonds. The Labute approximate surface area is 160 Å². The van der Waals surface area contributed by atoms with Gasteiger partial charge < -0.3 is 4.90 Å². The normalized spacial score (nSPS) is 13.5. The quantitative estimate of drug-likeness (QED) is 0.439. The second kappa shape index (κ2) is 8.59. The molecule has 130 valence electrons. The fourth-order valence-corrected chi connectivity index (χ4v) is 3.47. The third kappa shape index (κ3) is 4.68. The van der Waals surface area contributed by atoms with Crippen LogP contribution in [0.4, 0.5) is 0 Å². The summed E-state index contributed by atoms with van der Waals surface area (Å²) in [6.07, 6.45) is 12.7. The van der Waals surface area contributed by atoms with Gasteiger partial charge in [-0.05, 0) is 53.5 Å². The van der Waals surface area contributed by atoms with Crippen molar-refractivity contribution in [3.8, 4) is 0 Å². The van der Waals surface area contributed by atoms with Crippen molar-refractivity contribution in [2.75, 3.05) is 7.05 Å². The van der Waals surface area contributed by atoms with Crippen molar-refractivity contribution in [3.63, 3.8) is 0 Å². The molecule has 1 aliphatic rings. The standard InChI is InChI=1S/C24H23NS/c1-19-9-7-8-12-24(19)26-20(2)13-14-23(21-10-5-4-6-11-21)22-15-17-25(3)18-16-22/h4-18H,2H2,1,3H3/b14-13+. The van der Waals surface area contributed by atoms with Crippen LogP contribution in [0, 0.1) is 6.92 Å². The van der Waals surface area contributed by atoms with Gasteiger partial charge in [0.15, 0.2) is 0 Å². The summed E-state index contributed by atoms with van der Waals surface area (Å²) in [5.41, 5.74) is 4.86. The molecule has 0 aromatic heterocycles. The minimum atomic E-state index is 1.02. The van der Waals surface area contributed by atoms with E-state index in [1.54, 1.807) is 11.8 Å². The van der Waals surface area contributed by atoms with Gasteiger partial charge in [0, 0.05) is 29.2 Å². The van der Waals surface area contributed by atoms with Crippen LogP contribution in [0.5, 0.6) is 0 Å². The van der Waals surface area contributed by atoms with Crippen molar-refractivity contribution in [2.24, 2.45) is 0 Å². The third-order valence-electron chi connectivity index (χ3n) is 4.14. The number of benzene rings is 2. The van der Waals surface area contributed by atoms with Gasteiger partial charge in [-0.1, -0.05) is 72.9 Å². The van der Waals surface area contributed by atoms with Gasteiger partial charge in [0.25, 0.3) is 0 Å². The van der Waals surface area contributed by atoms with E-state index in [0.717, 1.165) is 4.91 Å². The molecular formula is C24H23NS. The molecule has 1 aliphatic heterocycles. The minimum Gasteiger partial charge on any atom is -0.357 e. The average Bonchev–Trinajstić information content (AvgIpc) is 2.66. The summed E-state index contributed by atoms with van der Waals surface area (Å²) in [7, 11) is 2.03. The van der Waals surface area contributed by atoms with Crippen LogP contribution in [-0.4, -0.2) is 11.9 Å². The molecule has 0 bridgehead atoms. The summed E-state index contributed by atoms with van der Waals surface area (Å²) in [4.78, 5) is 4.31. The monoisotopic (exact) mass is 357 g/mol. The SMILES string of the molecule is C=C(/C=C/C(=C1C=CN(C)C=C1)c1ccccc1)Sc1ccccc1C. The predicted octanol–water partition coefficient (Wildman–Crippen LogP) is 6.58. The predicted molar refractivity (Wildman–Crippen MR) is 115 cm³/mol. The zero-order valence-corrected chi connectivity index (χ0v) is 16.0. The topological polar surface area (TPSA) is 3.24 Å². The molecule has 26 heavy (non-hydrogen) atoms. The lowest BCUT2D eigenvalue weighted by atomic mass is 9.98. The van der Waals surface area contributed by atoms with Gasteiger partial charge in [0.05, 0.1) is 0 Å². The summed E-state index contributed by atoms with van der Waals surface area (Å²) in [6.45, 7) is 6.35. The van der Waals surface area contributed by atoms with Gasteiger partial charge in [0.2, 0.25) is 0 Å². The fraction of sp³-hybridized carbons (Fsp3) is 0.0833. The Bertz CT molecular complexity index is 885. The Balaban J connectivity index is 1.87. The third-order valence-corrected chi connectivity index (χ3v) is 5.22. The van der Waals surface area contributed by atoms with Gasteiger partial charge in [-0.3, -0.25) is 0 Å². The summed E-state index contributed by atoms with van der Waals surface area (Å²) in [5.74, 6) is 0. The molecule has 2 aromatic rings. The molecule has 0 radical (unpaired) electrons. The van der Waals surface area contributed by atoms with Crippen LogP contribution in [0.1, 0.15) is 11.1 Å². The molecule has 0 saturated carbocycles.